The molecule has 1 saturated heterocycles. The Morgan fingerprint density at radius 1 is 1.07 bits per heavy atom. The summed E-state index contributed by atoms with van der Waals surface area (Å²) in [5.74, 6) is -0.0398. The number of carbonyl (C=O) groups is 1. The first-order chi connectivity index (χ1) is 14.2. The van der Waals surface area contributed by atoms with E-state index in [2.05, 4.69) is 22.6 Å². The second-order valence-electron chi connectivity index (χ2n) is 7.87. The van der Waals surface area contributed by atoms with Gasteiger partial charge in [-0.2, -0.15) is 13.2 Å². The number of hydrogen-bond donors (Lipinski definition) is 0. The molecule has 0 unspecified atom stereocenters. The number of halogens is 4. The van der Waals surface area contributed by atoms with Crippen molar-refractivity contribution < 1.29 is 22.7 Å². The number of likely N-dealkylation sites (N-methyl/N-ethyl adjacent to an activating group) is 1. The number of piperidine rings is 1. The van der Waals surface area contributed by atoms with Crippen molar-refractivity contribution in [1.82, 2.24) is 14.4 Å². The first kappa shape index (κ1) is 21.1. The second kappa shape index (κ2) is 7.81. The molecular weight excluding hydrogens is 419 g/mol. The molecule has 0 radical (unpaired) electrons. The number of amides is 1. The van der Waals surface area contributed by atoms with Crippen LogP contribution in [0.5, 0.6) is 5.75 Å². The van der Waals surface area contributed by atoms with Crippen LogP contribution in [0.15, 0.2) is 36.4 Å². The highest BCUT2D eigenvalue weighted by Gasteiger charge is 2.44. The molecule has 9 heteroatoms. The molecule has 0 saturated carbocycles. The summed E-state index contributed by atoms with van der Waals surface area (Å²) in [6.07, 6.45) is -2.81. The van der Waals surface area contributed by atoms with Gasteiger partial charge in [-0.25, -0.2) is 0 Å². The zero-order valence-corrected chi connectivity index (χ0v) is 17.3. The third-order valence-electron chi connectivity index (χ3n) is 6.18. The third kappa shape index (κ3) is 3.90. The van der Waals surface area contributed by atoms with Crippen LogP contribution in [-0.2, 0) is 12.1 Å². The molecule has 162 valence electrons. The Morgan fingerprint density at radius 2 is 1.73 bits per heavy atom. The summed E-state index contributed by atoms with van der Waals surface area (Å²) in [7, 11) is 2.11. The highest BCUT2D eigenvalue weighted by atomic mass is 35.5. The number of nitrogens with zero attached hydrogens (tertiary/aromatic N) is 3. The van der Waals surface area contributed by atoms with Crippen molar-refractivity contribution in [2.75, 3.05) is 33.3 Å². The second-order valence-corrected chi connectivity index (χ2v) is 8.25. The van der Waals surface area contributed by atoms with Gasteiger partial charge in [0.25, 0.3) is 5.91 Å². The number of aromatic nitrogens is 1. The van der Waals surface area contributed by atoms with Gasteiger partial charge < -0.3 is 14.2 Å². The average molecular weight is 442 g/mol. The number of likely N-dealkylation sites (tertiary alicyclic amines) is 1. The molecule has 1 amide bonds. The lowest BCUT2D eigenvalue weighted by atomic mass is 9.81. The highest BCUT2D eigenvalue weighted by molar-refractivity contribution is 6.29. The number of rotatable bonds is 3. The molecule has 1 spiro atoms. The van der Waals surface area contributed by atoms with Crippen LogP contribution < -0.4 is 4.74 Å². The monoisotopic (exact) mass is 441 g/mol. The van der Waals surface area contributed by atoms with Crippen molar-refractivity contribution in [2.24, 2.45) is 0 Å². The van der Waals surface area contributed by atoms with Crippen LogP contribution in [0.2, 0.25) is 5.15 Å². The molecule has 1 fully saturated rings. The Morgan fingerprint density at radius 3 is 2.37 bits per heavy atom. The molecule has 2 aromatic rings. The van der Waals surface area contributed by atoms with E-state index in [0.29, 0.717) is 18.7 Å². The maximum Gasteiger partial charge on any atom is 0.422 e. The minimum Gasteiger partial charge on any atom is -0.484 e. The Kier molecular flexibility index (Phi) is 5.48. The van der Waals surface area contributed by atoms with Crippen LogP contribution in [0.25, 0.3) is 0 Å². The molecule has 4 rings (SSSR count). The molecular formula is C21H23ClF3N3O2. The van der Waals surface area contributed by atoms with Crippen molar-refractivity contribution in [1.29, 1.82) is 0 Å². The summed E-state index contributed by atoms with van der Waals surface area (Å²) in [4.78, 5) is 17.0. The van der Waals surface area contributed by atoms with E-state index in [0.717, 1.165) is 31.1 Å². The lowest BCUT2D eigenvalue weighted by Crippen LogP contribution is -2.56. The predicted molar refractivity (Wildman–Crippen MR) is 107 cm³/mol. The Labute approximate surface area is 178 Å². The van der Waals surface area contributed by atoms with E-state index in [1.807, 2.05) is 6.07 Å². The highest BCUT2D eigenvalue weighted by Crippen LogP contribution is 2.42. The molecule has 0 N–H and O–H groups in total. The SMILES string of the molecule is CN1CCn2c(Cl)ccc2C12CCN(C(=O)c1ccc(OCC(F)(F)F)cc1)CC2. The Hall–Kier alpha value is -2.19. The molecule has 1 aromatic heterocycles. The van der Waals surface area contributed by atoms with Crippen LogP contribution in [-0.4, -0.2) is 59.7 Å². The summed E-state index contributed by atoms with van der Waals surface area (Å²) >= 11 is 6.33. The van der Waals surface area contributed by atoms with E-state index in [9.17, 15) is 18.0 Å². The Bertz CT molecular complexity index is 919. The molecule has 0 aliphatic carbocycles. The summed E-state index contributed by atoms with van der Waals surface area (Å²) in [6.45, 7) is 1.59. The number of alkyl halides is 3. The number of ether oxygens (including phenoxy) is 1. The molecule has 1 aromatic carbocycles. The van der Waals surface area contributed by atoms with Crippen LogP contribution >= 0.6 is 11.6 Å². The zero-order valence-electron chi connectivity index (χ0n) is 16.6. The van der Waals surface area contributed by atoms with Crippen molar-refractivity contribution in [3.63, 3.8) is 0 Å². The van der Waals surface area contributed by atoms with Gasteiger partial charge in [0.15, 0.2) is 6.61 Å². The summed E-state index contributed by atoms with van der Waals surface area (Å²) < 4.78 is 43.7. The average Bonchev–Trinajstić information content (AvgIpc) is 3.11. The first-order valence-corrected chi connectivity index (χ1v) is 10.2. The van der Waals surface area contributed by atoms with Gasteiger partial charge in [-0.15, -0.1) is 0 Å². The minimum absolute atomic E-state index is 0.0861. The topological polar surface area (TPSA) is 37.7 Å². The van der Waals surface area contributed by atoms with E-state index < -0.39 is 12.8 Å². The van der Waals surface area contributed by atoms with Gasteiger partial charge in [-0.1, -0.05) is 11.6 Å². The largest absolute Gasteiger partial charge is 0.484 e. The standard InChI is InChI=1S/C21H23ClF3N3O2/c1-26-12-13-28-17(6-7-18(28)22)20(26)8-10-27(11-9-20)19(29)15-2-4-16(5-3-15)30-14-21(23,24)25/h2-7H,8-14H2,1H3. The predicted octanol–water partition coefficient (Wildman–Crippen LogP) is 4.16. The quantitative estimate of drug-likeness (QED) is 0.718. The molecule has 2 aliphatic rings. The van der Waals surface area contributed by atoms with Crippen molar-refractivity contribution in [3.8, 4) is 5.75 Å². The van der Waals surface area contributed by atoms with E-state index in [-0.39, 0.29) is 17.2 Å². The van der Waals surface area contributed by atoms with Crippen LogP contribution in [0, 0.1) is 0 Å². The number of hydrogen-bond acceptors (Lipinski definition) is 3. The molecule has 30 heavy (non-hydrogen) atoms. The fourth-order valence-electron chi connectivity index (χ4n) is 4.49. The summed E-state index contributed by atoms with van der Waals surface area (Å²) in [6, 6.07) is 9.82. The van der Waals surface area contributed by atoms with Gasteiger partial charge in [-0.05, 0) is 56.3 Å². The van der Waals surface area contributed by atoms with Gasteiger partial charge in [0.05, 0.1) is 5.54 Å². The van der Waals surface area contributed by atoms with Crippen LogP contribution in [0.3, 0.4) is 0 Å². The maximum atomic E-state index is 12.9. The fraction of sp³-hybridized carbons (Fsp3) is 0.476. The van der Waals surface area contributed by atoms with E-state index in [1.54, 1.807) is 4.90 Å². The third-order valence-corrected chi connectivity index (χ3v) is 6.51. The first-order valence-electron chi connectivity index (χ1n) is 9.85. The van der Waals surface area contributed by atoms with Crippen molar-refractivity contribution in [3.05, 3.63) is 52.8 Å². The van der Waals surface area contributed by atoms with E-state index in [1.165, 1.54) is 30.0 Å². The summed E-state index contributed by atoms with van der Waals surface area (Å²) in [5, 5.41) is 0.740. The van der Waals surface area contributed by atoms with Crippen molar-refractivity contribution in [2.45, 2.75) is 31.1 Å². The summed E-state index contributed by atoms with van der Waals surface area (Å²) in [5.41, 5.74) is 1.49. The molecule has 2 aliphatic heterocycles. The molecule has 0 bridgehead atoms. The van der Waals surface area contributed by atoms with Gasteiger partial charge in [0, 0.05) is 37.4 Å². The fourth-order valence-corrected chi connectivity index (χ4v) is 4.73. The lowest BCUT2D eigenvalue weighted by molar-refractivity contribution is -0.153. The molecule has 3 heterocycles. The van der Waals surface area contributed by atoms with Crippen LogP contribution in [0.1, 0.15) is 28.9 Å². The van der Waals surface area contributed by atoms with Gasteiger partial charge in [0.1, 0.15) is 10.9 Å². The van der Waals surface area contributed by atoms with Crippen LogP contribution in [0.4, 0.5) is 13.2 Å². The molecule has 0 atom stereocenters. The zero-order chi connectivity index (χ0) is 21.5. The number of carbonyl (C=O) groups excluding carboxylic acids is 1. The normalized spacial score (nSPS) is 19.0. The van der Waals surface area contributed by atoms with Gasteiger partial charge >= 0.3 is 6.18 Å². The minimum atomic E-state index is -4.39. The smallest absolute Gasteiger partial charge is 0.422 e. The Balaban J connectivity index is 1.42. The van der Waals surface area contributed by atoms with Gasteiger partial charge in [-0.3, -0.25) is 9.69 Å². The number of benzene rings is 1. The van der Waals surface area contributed by atoms with Crippen molar-refractivity contribution >= 4 is 17.5 Å². The van der Waals surface area contributed by atoms with Gasteiger partial charge in [0.2, 0.25) is 0 Å². The molecule has 5 nitrogen and oxygen atoms in total. The maximum absolute atomic E-state index is 12.9. The number of fused-ring (bicyclic) bond motifs is 2. The lowest BCUT2D eigenvalue weighted by Gasteiger charge is -2.50. The van der Waals surface area contributed by atoms with E-state index in [4.69, 9.17) is 16.3 Å². The van der Waals surface area contributed by atoms with E-state index >= 15 is 0 Å².